The summed E-state index contributed by atoms with van der Waals surface area (Å²) in [7, 11) is 0. The van der Waals surface area contributed by atoms with Gasteiger partial charge >= 0.3 is 0 Å². The van der Waals surface area contributed by atoms with Gasteiger partial charge in [-0.1, -0.05) is 6.07 Å². The number of carbonyl (C=O) groups is 1. The molecule has 2 aromatic rings. The summed E-state index contributed by atoms with van der Waals surface area (Å²) in [4.78, 5) is 22.4. The van der Waals surface area contributed by atoms with E-state index in [4.69, 9.17) is 11.5 Å². The van der Waals surface area contributed by atoms with E-state index in [0.29, 0.717) is 5.56 Å². The zero-order valence-corrected chi connectivity index (χ0v) is 13.3. The smallest absolute Gasteiger partial charge is 0.189 e. The molecule has 0 saturated carbocycles. The summed E-state index contributed by atoms with van der Waals surface area (Å²) >= 11 is 0. The van der Waals surface area contributed by atoms with E-state index in [-0.39, 0.29) is 29.8 Å². The summed E-state index contributed by atoms with van der Waals surface area (Å²) < 4.78 is 14.4. The predicted octanol–water partition coefficient (Wildman–Crippen LogP) is 1.55. The van der Waals surface area contributed by atoms with Crippen molar-refractivity contribution in [2.45, 2.75) is 25.3 Å². The standard InChI is InChI=1S/C17H20FN5O/c18-13-2-1-3-14(23-8-4-11(19)5-9-23)12(13)10-15(24)16-17(20)22-7-6-21-16/h1-3,6-7,11H,4-5,8-10,19H2,(H2,20,22). The fourth-order valence-electron chi connectivity index (χ4n) is 2.97. The van der Waals surface area contributed by atoms with Crippen molar-refractivity contribution in [3.05, 3.63) is 47.7 Å². The topological polar surface area (TPSA) is 98.1 Å². The third-order valence-corrected chi connectivity index (χ3v) is 4.30. The molecule has 2 heterocycles. The van der Waals surface area contributed by atoms with Gasteiger partial charge in [-0.15, -0.1) is 0 Å². The zero-order chi connectivity index (χ0) is 17.1. The van der Waals surface area contributed by atoms with E-state index in [1.54, 1.807) is 6.07 Å². The van der Waals surface area contributed by atoms with E-state index in [2.05, 4.69) is 14.9 Å². The number of hydrogen-bond acceptors (Lipinski definition) is 6. The van der Waals surface area contributed by atoms with Crippen LogP contribution in [0.15, 0.2) is 30.6 Å². The zero-order valence-electron chi connectivity index (χ0n) is 13.3. The van der Waals surface area contributed by atoms with Gasteiger partial charge in [-0.25, -0.2) is 14.4 Å². The third-order valence-electron chi connectivity index (χ3n) is 4.30. The molecule has 0 spiro atoms. The highest BCUT2D eigenvalue weighted by Gasteiger charge is 2.23. The van der Waals surface area contributed by atoms with Gasteiger partial charge in [-0.2, -0.15) is 0 Å². The molecule has 3 rings (SSSR count). The first-order valence-corrected chi connectivity index (χ1v) is 7.94. The average Bonchev–Trinajstić information content (AvgIpc) is 2.58. The largest absolute Gasteiger partial charge is 0.382 e. The van der Waals surface area contributed by atoms with Gasteiger partial charge in [0.25, 0.3) is 0 Å². The fraction of sp³-hybridized carbons (Fsp3) is 0.353. The van der Waals surface area contributed by atoms with Crippen molar-refractivity contribution in [2.75, 3.05) is 23.7 Å². The van der Waals surface area contributed by atoms with Gasteiger partial charge in [0.1, 0.15) is 11.5 Å². The lowest BCUT2D eigenvalue weighted by Gasteiger charge is -2.33. The second-order valence-electron chi connectivity index (χ2n) is 5.95. The van der Waals surface area contributed by atoms with Crippen molar-refractivity contribution in [3.63, 3.8) is 0 Å². The Balaban J connectivity index is 1.88. The summed E-state index contributed by atoms with van der Waals surface area (Å²) in [5.74, 6) is -0.692. The number of nitrogens with two attached hydrogens (primary N) is 2. The molecule has 7 heteroatoms. The number of aromatic nitrogens is 2. The quantitative estimate of drug-likeness (QED) is 0.826. The Morgan fingerprint density at radius 2 is 1.96 bits per heavy atom. The Bertz CT molecular complexity index is 744. The monoisotopic (exact) mass is 329 g/mol. The molecule has 0 aliphatic carbocycles. The minimum atomic E-state index is -0.404. The van der Waals surface area contributed by atoms with Crippen molar-refractivity contribution in [2.24, 2.45) is 5.73 Å². The Morgan fingerprint density at radius 3 is 2.67 bits per heavy atom. The van der Waals surface area contributed by atoms with E-state index in [0.717, 1.165) is 31.6 Å². The highest BCUT2D eigenvalue weighted by Crippen LogP contribution is 2.27. The van der Waals surface area contributed by atoms with Gasteiger partial charge in [0.15, 0.2) is 11.6 Å². The third kappa shape index (κ3) is 3.35. The van der Waals surface area contributed by atoms with Gasteiger partial charge in [-0.3, -0.25) is 4.79 Å². The molecule has 0 radical (unpaired) electrons. The molecule has 1 aromatic carbocycles. The van der Waals surface area contributed by atoms with E-state index >= 15 is 0 Å². The number of benzene rings is 1. The minimum absolute atomic E-state index is 0.0596. The Hall–Kier alpha value is -2.54. The molecule has 1 aliphatic heterocycles. The molecule has 1 saturated heterocycles. The van der Waals surface area contributed by atoms with Crippen LogP contribution >= 0.6 is 0 Å². The van der Waals surface area contributed by atoms with Gasteiger partial charge in [-0.05, 0) is 25.0 Å². The van der Waals surface area contributed by atoms with Crippen LogP contribution in [0.4, 0.5) is 15.9 Å². The Morgan fingerprint density at radius 1 is 1.25 bits per heavy atom. The molecule has 6 nitrogen and oxygen atoms in total. The molecule has 4 N–H and O–H groups in total. The van der Waals surface area contributed by atoms with Crippen LogP contribution in [0.2, 0.25) is 0 Å². The maximum atomic E-state index is 14.4. The molecule has 24 heavy (non-hydrogen) atoms. The number of halogens is 1. The van der Waals surface area contributed by atoms with Crippen LogP contribution in [0, 0.1) is 5.82 Å². The van der Waals surface area contributed by atoms with Crippen molar-refractivity contribution in [3.8, 4) is 0 Å². The lowest BCUT2D eigenvalue weighted by atomic mass is 10.00. The first-order valence-electron chi connectivity index (χ1n) is 7.94. The van der Waals surface area contributed by atoms with Crippen LogP contribution in [0.25, 0.3) is 0 Å². The van der Waals surface area contributed by atoms with Crippen molar-refractivity contribution in [1.82, 2.24) is 9.97 Å². The molecule has 0 atom stereocenters. The SMILES string of the molecule is Nc1nccnc1C(=O)Cc1c(F)cccc1N1CCC(N)CC1. The number of nitrogen functional groups attached to an aromatic ring is 1. The first-order chi connectivity index (χ1) is 11.6. The number of ketones is 1. The second kappa shape index (κ2) is 6.92. The van der Waals surface area contributed by atoms with Crippen LogP contribution in [-0.4, -0.2) is 34.9 Å². The molecule has 126 valence electrons. The second-order valence-corrected chi connectivity index (χ2v) is 5.95. The Kier molecular flexibility index (Phi) is 4.71. The van der Waals surface area contributed by atoms with Crippen molar-refractivity contribution >= 4 is 17.3 Å². The molecule has 0 amide bonds. The van der Waals surface area contributed by atoms with Crippen molar-refractivity contribution < 1.29 is 9.18 Å². The number of nitrogens with zero attached hydrogens (tertiary/aromatic N) is 3. The summed E-state index contributed by atoms with van der Waals surface area (Å²) in [5, 5.41) is 0. The highest BCUT2D eigenvalue weighted by atomic mass is 19.1. The van der Waals surface area contributed by atoms with Crippen LogP contribution < -0.4 is 16.4 Å². The summed E-state index contributed by atoms with van der Waals surface area (Å²) in [6.45, 7) is 1.50. The average molecular weight is 329 g/mol. The molecule has 0 unspecified atom stereocenters. The summed E-state index contributed by atoms with van der Waals surface area (Å²) in [6.07, 6.45) is 4.41. The van der Waals surface area contributed by atoms with Crippen molar-refractivity contribution in [1.29, 1.82) is 0 Å². The maximum absolute atomic E-state index is 14.4. The molecule has 1 fully saturated rings. The molecule has 1 aliphatic rings. The minimum Gasteiger partial charge on any atom is -0.382 e. The lowest BCUT2D eigenvalue weighted by Crippen LogP contribution is -2.40. The number of piperidine rings is 1. The van der Waals surface area contributed by atoms with Crippen LogP contribution in [0.1, 0.15) is 28.9 Å². The lowest BCUT2D eigenvalue weighted by molar-refractivity contribution is 0.0987. The number of hydrogen-bond donors (Lipinski definition) is 2. The summed E-state index contributed by atoms with van der Waals surface area (Å²) in [5.41, 5.74) is 12.8. The number of Topliss-reactive ketones (excluding diaryl/α,β-unsaturated/α-hetero) is 1. The summed E-state index contributed by atoms with van der Waals surface area (Å²) in [6, 6.07) is 5.04. The predicted molar refractivity (Wildman–Crippen MR) is 90.3 cm³/mol. The van der Waals surface area contributed by atoms with Crippen LogP contribution in [0.3, 0.4) is 0 Å². The molecule has 0 bridgehead atoms. The van der Waals surface area contributed by atoms with Gasteiger partial charge < -0.3 is 16.4 Å². The maximum Gasteiger partial charge on any atom is 0.189 e. The first kappa shape index (κ1) is 16.3. The van der Waals surface area contributed by atoms with Gasteiger partial charge in [0.2, 0.25) is 0 Å². The Labute approximate surface area is 139 Å². The molecular formula is C17H20FN5O. The number of anilines is 2. The van der Waals surface area contributed by atoms with E-state index in [1.807, 2.05) is 6.07 Å². The van der Waals surface area contributed by atoms with Gasteiger partial charge in [0.05, 0.1) is 0 Å². The molecular weight excluding hydrogens is 309 g/mol. The number of carbonyl (C=O) groups excluding carboxylic acids is 1. The molecule has 1 aromatic heterocycles. The van der Waals surface area contributed by atoms with E-state index in [1.165, 1.54) is 18.5 Å². The number of rotatable bonds is 4. The van der Waals surface area contributed by atoms with E-state index < -0.39 is 5.82 Å². The van der Waals surface area contributed by atoms with E-state index in [9.17, 15) is 9.18 Å². The van der Waals surface area contributed by atoms with Gasteiger partial charge in [0, 0.05) is 49.2 Å². The normalized spacial score (nSPS) is 15.5. The van der Waals surface area contributed by atoms with Crippen LogP contribution in [-0.2, 0) is 6.42 Å². The fourth-order valence-corrected chi connectivity index (χ4v) is 2.97. The highest BCUT2D eigenvalue weighted by molar-refractivity contribution is 5.99. The van der Waals surface area contributed by atoms with Crippen LogP contribution in [0.5, 0.6) is 0 Å².